The average Bonchev–Trinajstić information content (AvgIpc) is 1.88. The lowest BCUT2D eigenvalue weighted by Crippen LogP contribution is -2.34. The van der Waals surface area contributed by atoms with Gasteiger partial charge >= 0.3 is 0 Å². The molecule has 54 valence electrons. The summed E-state index contributed by atoms with van der Waals surface area (Å²) in [6, 6.07) is 0. The minimum absolute atomic E-state index is 0.0914. The molecule has 1 fully saturated rings. The number of rotatable bonds is 1. The van der Waals surface area contributed by atoms with Gasteiger partial charge in [0, 0.05) is 19.6 Å². The van der Waals surface area contributed by atoms with Gasteiger partial charge in [0.1, 0.15) is 0 Å². The molecular weight excluding hydrogens is 118 g/mol. The van der Waals surface area contributed by atoms with Crippen molar-refractivity contribution < 1.29 is 9.84 Å². The van der Waals surface area contributed by atoms with Gasteiger partial charge in [-0.05, 0) is 6.42 Å². The van der Waals surface area contributed by atoms with Crippen LogP contribution in [0.5, 0.6) is 0 Å². The Kier molecular flexibility index (Phi) is 2.45. The van der Waals surface area contributed by atoms with E-state index in [2.05, 4.69) is 0 Å². The van der Waals surface area contributed by atoms with Crippen molar-refractivity contribution in [1.29, 1.82) is 0 Å². The highest BCUT2D eigenvalue weighted by atomic mass is 16.5. The van der Waals surface area contributed by atoms with Crippen molar-refractivity contribution in [2.45, 2.75) is 25.0 Å². The third-order valence-corrected chi connectivity index (χ3v) is 1.60. The zero-order valence-electron chi connectivity index (χ0n) is 5.42. The van der Waals surface area contributed by atoms with Crippen LogP contribution in [0.2, 0.25) is 0 Å². The molecule has 1 heterocycles. The lowest BCUT2D eigenvalue weighted by molar-refractivity contribution is -0.0383. The van der Waals surface area contributed by atoms with Gasteiger partial charge in [-0.1, -0.05) is 0 Å². The van der Waals surface area contributed by atoms with Gasteiger partial charge in [0.2, 0.25) is 0 Å². The molecule has 3 nitrogen and oxygen atoms in total. The van der Waals surface area contributed by atoms with Crippen molar-refractivity contribution in [2.24, 2.45) is 5.73 Å². The van der Waals surface area contributed by atoms with Crippen molar-refractivity contribution in [3.8, 4) is 0 Å². The molecule has 0 spiro atoms. The summed E-state index contributed by atoms with van der Waals surface area (Å²) < 4.78 is 5.21. The summed E-state index contributed by atoms with van der Waals surface area (Å²) in [6.45, 7) is 1.18. The van der Waals surface area contributed by atoms with Gasteiger partial charge in [-0.25, -0.2) is 0 Å². The summed E-state index contributed by atoms with van der Waals surface area (Å²) in [6.07, 6.45) is 1.37. The molecule has 0 aromatic carbocycles. The maximum atomic E-state index is 9.08. The standard InChI is InChI=1S/C6H13NO2/c7-4-6-3-5(8)1-2-9-6/h5-6,8H,1-4,7H2. The van der Waals surface area contributed by atoms with E-state index in [0.717, 1.165) is 6.42 Å². The molecule has 0 saturated carbocycles. The van der Waals surface area contributed by atoms with Crippen molar-refractivity contribution >= 4 is 0 Å². The van der Waals surface area contributed by atoms with E-state index in [1.165, 1.54) is 0 Å². The maximum absolute atomic E-state index is 9.08. The monoisotopic (exact) mass is 131 g/mol. The Hall–Kier alpha value is -0.120. The topological polar surface area (TPSA) is 55.5 Å². The van der Waals surface area contributed by atoms with Crippen molar-refractivity contribution in [2.75, 3.05) is 13.2 Å². The summed E-state index contributed by atoms with van der Waals surface area (Å²) >= 11 is 0. The SMILES string of the molecule is NCC1CC(O)CCO1. The molecule has 0 aromatic rings. The molecule has 0 aromatic heterocycles. The normalized spacial score (nSPS) is 36.7. The van der Waals surface area contributed by atoms with E-state index >= 15 is 0 Å². The highest BCUT2D eigenvalue weighted by Gasteiger charge is 2.18. The van der Waals surface area contributed by atoms with Crippen molar-refractivity contribution in [3.05, 3.63) is 0 Å². The lowest BCUT2D eigenvalue weighted by atomic mass is 10.1. The fraction of sp³-hybridized carbons (Fsp3) is 1.00. The van der Waals surface area contributed by atoms with Gasteiger partial charge in [0.05, 0.1) is 12.2 Å². The number of hydrogen-bond acceptors (Lipinski definition) is 3. The average molecular weight is 131 g/mol. The largest absolute Gasteiger partial charge is 0.393 e. The van der Waals surface area contributed by atoms with Crippen LogP contribution in [-0.2, 0) is 4.74 Å². The second-order valence-corrected chi connectivity index (χ2v) is 2.41. The summed E-state index contributed by atoms with van der Waals surface area (Å²) in [4.78, 5) is 0. The van der Waals surface area contributed by atoms with E-state index in [1.54, 1.807) is 0 Å². The quantitative estimate of drug-likeness (QED) is 0.503. The van der Waals surface area contributed by atoms with Gasteiger partial charge in [0.25, 0.3) is 0 Å². The van der Waals surface area contributed by atoms with Crippen LogP contribution in [0.15, 0.2) is 0 Å². The van der Waals surface area contributed by atoms with E-state index < -0.39 is 0 Å². The number of hydrogen-bond donors (Lipinski definition) is 2. The van der Waals surface area contributed by atoms with Gasteiger partial charge < -0.3 is 15.6 Å². The van der Waals surface area contributed by atoms with Crippen LogP contribution in [0.1, 0.15) is 12.8 Å². The van der Waals surface area contributed by atoms with Crippen LogP contribution >= 0.6 is 0 Å². The summed E-state index contributed by atoms with van der Waals surface area (Å²) in [7, 11) is 0. The Balaban J connectivity index is 2.23. The molecule has 3 N–H and O–H groups in total. The predicted molar refractivity (Wildman–Crippen MR) is 34.0 cm³/mol. The first-order chi connectivity index (χ1) is 4.33. The first kappa shape index (κ1) is 6.99. The molecule has 0 aliphatic carbocycles. The third kappa shape index (κ3) is 1.93. The maximum Gasteiger partial charge on any atom is 0.0721 e. The smallest absolute Gasteiger partial charge is 0.0721 e. The molecule has 1 aliphatic rings. The number of ether oxygens (including phenoxy) is 1. The summed E-state index contributed by atoms with van der Waals surface area (Å²) in [5, 5.41) is 9.08. The fourth-order valence-electron chi connectivity index (χ4n) is 1.02. The molecule has 1 aliphatic heterocycles. The van der Waals surface area contributed by atoms with Gasteiger partial charge in [-0.15, -0.1) is 0 Å². The Morgan fingerprint density at radius 2 is 2.44 bits per heavy atom. The molecule has 0 bridgehead atoms. The minimum atomic E-state index is -0.188. The van der Waals surface area contributed by atoms with Crippen LogP contribution < -0.4 is 5.73 Å². The van der Waals surface area contributed by atoms with Crippen LogP contribution in [0.25, 0.3) is 0 Å². The first-order valence-corrected chi connectivity index (χ1v) is 3.32. The van der Waals surface area contributed by atoms with E-state index in [1.807, 2.05) is 0 Å². The summed E-state index contributed by atoms with van der Waals surface area (Å²) in [5.41, 5.74) is 5.33. The molecule has 0 amide bonds. The third-order valence-electron chi connectivity index (χ3n) is 1.60. The van der Waals surface area contributed by atoms with Crippen molar-refractivity contribution in [1.82, 2.24) is 0 Å². The highest BCUT2D eigenvalue weighted by molar-refractivity contribution is 4.70. The number of aliphatic hydroxyl groups excluding tert-OH is 1. The minimum Gasteiger partial charge on any atom is -0.393 e. The zero-order valence-corrected chi connectivity index (χ0v) is 5.42. The lowest BCUT2D eigenvalue weighted by Gasteiger charge is -2.24. The molecule has 2 unspecified atom stereocenters. The van der Waals surface area contributed by atoms with Crippen LogP contribution in [-0.4, -0.2) is 30.5 Å². The Morgan fingerprint density at radius 1 is 1.67 bits per heavy atom. The van der Waals surface area contributed by atoms with Gasteiger partial charge in [-0.2, -0.15) is 0 Å². The predicted octanol–water partition coefficient (Wildman–Crippen LogP) is -0.515. The summed E-state index contributed by atoms with van der Waals surface area (Å²) in [5.74, 6) is 0. The van der Waals surface area contributed by atoms with Crippen LogP contribution in [0, 0.1) is 0 Å². The van der Waals surface area contributed by atoms with E-state index in [9.17, 15) is 0 Å². The highest BCUT2D eigenvalue weighted by Crippen LogP contribution is 2.11. The fourth-order valence-corrected chi connectivity index (χ4v) is 1.02. The van der Waals surface area contributed by atoms with Crippen LogP contribution in [0.4, 0.5) is 0 Å². The molecule has 2 atom stereocenters. The molecular formula is C6H13NO2. The second-order valence-electron chi connectivity index (χ2n) is 2.41. The Bertz CT molecular complexity index is 87.1. The van der Waals surface area contributed by atoms with Gasteiger partial charge in [0.15, 0.2) is 0 Å². The second kappa shape index (κ2) is 3.15. The first-order valence-electron chi connectivity index (χ1n) is 3.32. The Morgan fingerprint density at radius 3 is 2.89 bits per heavy atom. The van der Waals surface area contributed by atoms with Crippen molar-refractivity contribution in [3.63, 3.8) is 0 Å². The number of nitrogens with two attached hydrogens (primary N) is 1. The van der Waals surface area contributed by atoms with E-state index in [-0.39, 0.29) is 12.2 Å². The van der Waals surface area contributed by atoms with E-state index in [0.29, 0.717) is 19.6 Å². The van der Waals surface area contributed by atoms with Crippen LogP contribution in [0.3, 0.4) is 0 Å². The Labute approximate surface area is 54.8 Å². The molecule has 3 heteroatoms. The molecule has 1 saturated heterocycles. The molecule has 1 rings (SSSR count). The van der Waals surface area contributed by atoms with E-state index in [4.69, 9.17) is 15.6 Å². The molecule has 9 heavy (non-hydrogen) atoms. The van der Waals surface area contributed by atoms with Gasteiger partial charge in [-0.3, -0.25) is 0 Å². The zero-order chi connectivity index (χ0) is 6.69. The molecule has 0 radical (unpaired) electrons. The number of aliphatic hydroxyl groups is 1.